The molecule has 5 heteroatoms. The number of hydrogen-bond donors (Lipinski definition) is 1. The Labute approximate surface area is 129 Å². The number of pyridine rings is 1. The molecule has 1 saturated heterocycles. The molecule has 1 aliphatic heterocycles. The number of para-hydroxylation sites is 1. The number of morpholine rings is 1. The molecule has 21 heavy (non-hydrogen) atoms. The molecule has 1 atom stereocenters. The Balaban J connectivity index is 1.88. The average Bonchev–Trinajstić information content (AvgIpc) is 2.52. The summed E-state index contributed by atoms with van der Waals surface area (Å²) in [6, 6.07) is 8.05. The van der Waals surface area contributed by atoms with Crippen molar-refractivity contribution in [1.29, 1.82) is 0 Å². The molecule has 1 aromatic carbocycles. The molecule has 1 N–H and O–H groups in total. The normalized spacial score (nSPS) is 20.0. The smallest absolute Gasteiger partial charge is 0.0933 e. The van der Waals surface area contributed by atoms with Crippen LogP contribution in [0.4, 0.5) is 0 Å². The third kappa shape index (κ3) is 3.04. The molecule has 2 heterocycles. The number of nitrogens with zero attached hydrogens (tertiary/aromatic N) is 2. The molecule has 1 aromatic heterocycles. The van der Waals surface area contributed by atoms with Crippen LogP contribution in [0, 0.1) is 6.92 Å². The Morgan fingerprint density at radius 3 is 3.05 bits per heavy atom. The van der Waals surface area contributed by atoms with Crippen LogP contribution in [0.1, 0.15) is 11.3 Å². The lowest BCUT2D eigenvalue weighted by molar-refractivity contribution is -0.0553. The van der Waals surface area contributed by atoms with Crippen LogP contribution in [0.3, 0.4) is 0 Å². The molecule has 1 fully saturated rings. The van der Waals surface area contributed by atoms with Crippen LogP contribution in [-0.2, 0) is 11.3 Å². The van der Waals surface area contributed by atoms with Gasteiger partial charge in [0, 0.05) is 25.0 Å². The molecule has 3 rings (SSSR count). The Morgan fingerprint density at radius 2 is 2.24 bits per heavy atom. The van der Waals surface area contributed by atoms with Crippen molar-refractivity contribution in [1.82, 2.24) is 9.88 Å². The zero-order valence-electron chi connectivity index (χ0n) is 12.1. The van der Waals surface area contributed by atoms with E-state index in [9.17, 15) is 5.11 Å². The molecule has 2 aromatic rings. The average molecular weight is 307 g/mol. The largest absolute Gasteiger partial charge is 0.394 e. The van der Waals surface area contributed by atoms with Crippen LogP contribution in [0.15, 0.2) is 24.3 Å². The number of aliphatic hydroxyl groups is 1. The second-order valence-electron chi connectivity index (χ2n) is 5.43. The number of halogens is 1. The number of ether oxygens (including phenoxy) is 1. The van der Waals surface area contributed by atoms with E-state index in [0.29, 0.717) is 19.7 Å². The van der Waals surface area contributed by atoms with Gasteiger partial charge in [0.1, 0.15) is 0 Å². The van der Waals surface area contributed by atoms with E-state index in [1.54, 1.807) is 0 Å². The van der Waals surface area contributed by atoms with Gasteiger partial charge in [-0.3, -0.25) is 4.90 Å². The van der Waals surface area contributed by atoms with Gasteiger partial charge < -0.3 is 9.84 Å². The van der Waals surface area contributed by atoms with Crippen molar-refractivity contribution in [3.63, 3.8) is 0 Å². The van der Waals surface area contributed by atoms with Gasteiger partial charge in [0.25, 0.3) is 0 Å². The zero-order valence-corrected chi connectivity index (χ0v) is 12.8. The molecule has 0 saturated carbocycles. The highest BCUT2D eigenvalue weighted by atomic mass is 35.5. The number of aliphatic hydroxyl groups excluding tert-OH is 1. The summed E-state index contributed by atoms with van der Waals surface area (Å²) < 4.78 is 5.47. The Morgan fingerprint density at radius 1 is 1.43 bits per heavy atom. The minimum atomic E-state index is -0.112. The summed E-state index contributed by atoms with van der Waals surface area (Å²) in [5, 5.41) is 11.1. The first-order valence-corrected chi connectivity index (χ1v) is 7.55. The lowest BCUT2D eigenvalue weighted by Crippen LogP contribution is -2.43. The number of fused-ring (bicyclic) bond motifs is 1. The molecule has 1 aliphatic rings. The fraction of sp³-hybridized carbons (Fsp3) is 0.438. The summed E-state index contributed by atoms with van der Waals surface area (Å²) in [6.45, 7) is 4.95. The summed E-state index contributed by atoms with van der Waals surface area (Å²) in [5.41, 5.74) is 2.94. The van der Waals surface area contributed by atoms with Crippen LogP contribution in [-0.4, -0.2) is 47.4 Å². The molecule has 0 radical (unpaired) electrons. The first-order chi connectivity index (χ1) is 10.2. The highest BCUT2D eigenvalue weighted by Crippen LogP contribution is 2.27. The van der Waals surface area contributed by atoms with Crippen LogP contribution >= 0.6 is 11.6 Å². The second-order valence-corrected chi connectivity index (χ2v) is 5.80. The minimum Gasteiger partial charge on any atom is -0.394 e. The van der Waals surface area contributed by atoms with Crippen molar-refractivity contribution in [2.45, 2.75) is 19.6 Å². The summed E-state index contributed by atoms with van der Waals surface area (Å²) >= 11 is 6.49. The van der Waals surface area contributed by atoms with Crippen LogP contribution in [0.25, 0.3) is 10.9 Å². The molecule has 1 unspecified atom stereocenters. The molecule has 0 bridgehead atoms. The summed E-state index contributed by atoms with van der Waals surface area (Å²) in [7, 11) is 0. The van der Waals surface area contributed by atoms with E-state index in [2.05, 4.69) is 4.90 Å². The Bertz CT molecular complexity index is 647. The van der Waals surface area contributed by atoms with Gasteiger partial charge in [0.05, 0.1) is 35.6 Å². The SMILES string of the molecule is Cc1c(Cl)c(CN2CCOC(CO)C2)nc2ccccc12. The van der Waals surface area contributed by atoms with E-state index in [1.165, 1.54) is 0 Å². The third-order valence-corrected chi connectivity index (χ3v) is 4.45. The van der Waals surface area contributed by atoms with Crippen LogP contribution in [0.5, 0.6) is 0 Å². The highest BCUT2D eigenvalue weighted by Gasteiger charge is 2.21. The maximum Gasteiger partial charge on any atom is 0.0933 e. The molecule has 112 valence electrons. The Kier molecular flexibility index (Phi) is 4.40. The first-order valence-electron chi connectivity index (χ1n) is 7.17. The number of benzene rings is 1. The predicted octanol–water partition coefficient (Wildman–Crippen LogP) is 2.39. The third-order valence-electron chi connectivity index (χ3n) is 3.95. The van der Waals surface area contributed by atoms with Gasteiger partial charge in [-0.15, -0.1) is 0 Å². The molecule has 0 aliphatic carbocycles. The van der Waals surface area contributed by atoms with Gasteiger partial charge in [-0.05, 0) is 18.6 Å². The molecule has 0 spiro atoms. The van der Waals surface area contributed by atoms with Crippen molar-refractivity contribution in [3.05, 3.63) is 40.5 Å². The number of hydrogen-bond acceptors (Lipinski definition) is 4. The van der Waals surface area contributed by atoms with Gasteiger partial charge in [0.15, 0.2) is 0 Å². The minimum absolute atomic E-state index is 0.0500. The van der Waals surface area contributed by atoms with Crippen molar-refractivity contribution >= 4 is 22.5 Å². The van der Waals surface area contributed by atoms with E-state index in [1.807, 2.05) is 31.2 Å². The molecule has 0 amide bonds. The summed E-state index contributed by atoms with van der Waals surface area (Å²) in [6.07, 6.45) is -0.112. The quantitative estimate of drug-likeness (QED) is 0.946. The van der Waals surface area contributed by atoms with E-state index >= 15 is 0 Å². The van der Waals surface area contributed by atoms with E-state index < -0.39 is 0 Å². The van der Waals surface area contributed by atoms with Crippen LogP contribution in [0.2, 0.25) is 5.02 Å². The fourth-order valence-electron chi connectivity index (χ4n) is 2.77. The number of aryl methyl sites for hydroxylation is 1. The van der Waals surface area contributed by atoms with Gasteiger partial charge in [0.2, 0.25) is 0 Å². The van der Waals surface area contributed by atoms with Crippen molar-refractivity contribution < 1.29 is 9.84 Å². The maximum atomic E-state index is 9.22. The topological polar surface area (TPSA) is 45.6 Å². The van der Waals surface area contributed by atoms with E-state index in [-0.39, 0.29) is 12.7 Å². The summed E-state index contributed by atoms with van der Waals surface area (Å²) in [5.74, 6) is 0. The number of aromatic nitrogens is 1. The van der Waals surface area contributed by atoms with Crippen LogP contribution < -0.4 is 0 Å². The first kappa shape index (κ1) is 14.7. The standard InChI is InChI=1S/C16H19ClN2O2/c1-11-13-4-2-3-5-14(13)18-15(16(11)17)9-19-6-7-21-12(8-19)10-20/h2-5,12,20H,6-10H2,1H3. The zero-order chi connectivity index (χ0) is 14.8. The van der Waals surface area contributed by atoms with Crippen molar-refractivity contribution in [2.24, 2.45) is 0 Å². The van der Waals surface area contributed by atoms with Gasteiger partial charge in [-0.1, -0.05) is 29.8 Å². The predicted molar refractivity (Wildman–Crippen MR) is 83.6 cm³/mol. The van der Waals surface area contributed by atoms with Crippen molar-refractivity contribution in [2.75, 3.05) is 26.3 Å². The van der Waals surface area contributed by atoms with Crippen molar-refractivity contribution in [3.8, 4) is 0 Å². The van der Waals surface area contributed by atoms with E-state index in [4.69, 9.17) is 21.3 Å². The molecular weight excluding hydrogens is 288 g/mol. The highest BCUT2D eigenvalue weighted by molar-refractivity contribution is 6.32. The van der Waals surface area contributed by atoms with Gasteiger partial charge in [-0.2, -0.15) is 0 Å². The lowest BCUT2D eigenvalue weighted by atomic mass is 10.1. The summed E-state index contributed by atoms with van der Waals surface area (Å²) in [4.78, 5) is 6.93. The molecule has 4 nitrogen and oxygen atoms in total. The number of rotatable bonds is 3. The maximum absolute atomic E-state index is 9.22. The van der Waals surface area contributed by atoms with Gasteiger partial charge >= 0.3 is 0 Å². The lowest BCUT2D eigenvalue weighted by Gasteiger charge is -2.32. The fourth-order valence-corrected chi connectivity index (χ4v) is 2.97. The second kappa shape index (κ2) is 6.28. The van der Waals surface area contributed by atoms with Gasteiger partial charge in [-0.25, -0.2) is 4.98 Å². The monoisotopic (exact) mass is 306 g/mol. The Hall–Kier alpha value is -1.20. The van der Waals surface area contributed by atoms with E-state index in [0.717, 1.165) is 33.7 Å². The molecular formula is C16H19ClN2O2.